The summed E-state index contributed by atoms with van der Waals surface area (Å²) in [5, 5.41) is 0. The predicted octanol–water partition coefficient (Wildman–Crippen LogP) is 6.34. The standard InChI is InChI=1S/C14H18F2.C3H9N.C2H6.C2H4/c1-10-2-4-11(5-3-10)8-12-6-7-13(15)14(16)9-12;1-4(2)3;2*1-2/h6-7,9-11H,2-5,8H2,1H3;1-3H3;1-2H3;1-2H2. The second-order valence-electron chi connectivity index (χ2n) is 6.42. The Morgan fingerprint density at radius 2 is 1.42 bits per heavy atom. The number of halogens is 2. The van der Waals surface area contributed by atoms with Crippen LogP contribution in [0.4, 0.5) is 8.78 Å². The van der Waals surface area contributed by atoms with Gasteiger partial charge < -0.3 is 4.90 Å². The Morgan fingerprint density at radius 1 is 0.958 bits per heavy atom. The molecule has 24 heavy (non-hydrogen) atoms. The molecule has 0 aliphatic heterocycles. The van der Waals surface area contributed by atoms with Crippen LogP contribution in [-0.2, 0) is 6.42 Å². The molecule has 0 unspecified atom stereocenters. The Bertz CT molecular complexity index is 408. The van der Waals surface area contributed by atoms with Crippen LogP contribution in [0.15, 0.2) is 31.4 Å². The maximum atomic E-state index is 13.0. The summed E-state index contributed by atoms with van der Waals surface area (Å²) >= 11 is 0. The van der Waals surface area contributed by atoms with Crippen molar-refractivity contribution < 1.29 is 8.78 Å². The highest BCUT2D eigenvalue weighted by atomic mass is 19.2. The van der Waals surface area contributed by atoms with Crippen molar-refractivity contribution in [3.05, 3.63) is 48.6 Å². The molecule has 1 nitrogen and oxygen atoms in total. The molecule has 0 amide bonds. The molecule has 140 valence electrons. The minimum atomic E-state index is -0.749. The zero-order valence-electron chi connectivity index (χ0n) is 16.5. The highest BCUT2D eigenvalue weighted by Crippen LogP contribution is 2.30. The SMILES string of the molecule is C=C.CC.CC1CCC(Cc2ccc(F)c(F)c2)CC1.CN(C)C. The molecule has 0 bridgehead atoms. The maximum Gasteiger partial charge on any atom is 0.159 e. The first-order valence-electron chi connectivity index (χ1n) is 8.93. The molecule has 1 aromatic rings. The summed E-state index contributed by atoms with van der Waals surface area (Å²) in [5.74, 6) is 0.0185. The van der Waals surface area contributed by atoms with Crippen LogP contribution in [0, 0.1) is 23.5 Å². The molecule has 0 N–H and O–H groups in total. The molecule has 0 spiro atoms. The molecule has 1 aliphatic carbocycles. The summed E-state index contributed by atoms with van der Waals surface area (Å²) in [6.45, 7) is 12.3. The van der Waals surface area contributed by atoms with Gasteiger partial charge in [-0.3, -0.25) is 0 Å². The Balaban J connectivity index is 0. The fourth-order valence-electron chi connectivity index (χ4n) is 2.53. The van der Waals surface area contributed by atoms with Crippen LogP contribution in [0.25, 0.3) is 0 Å². The van der Waals surface area contributed by atoms with Gasteiger partial charge in [0.2, 0.25) is 0 Å². The predicted molar refractivity (Wildman–Crippen MR) is 103 cm³/mol. The summed E-state index contributed by atoms with van der Waals surface area (Å²) in [4.78, 5) is 2.00. The van der Waals surface area contributed by atoms with E-state index in [-0.39, 0.29) is 0 Å². The van der Waals surface area contributed by atoms with E-state index in [1.807, 2.05) is 39.9 Å². The van der Waals surface area contributed by atoms with Crippen molar-refractivity contribution in [2.24, 2.45) is 11.8 Å². The molecule has 1 aromatic carbocycles. The van der Waals surface area contributed by atoms with Gasteiger partial charge in [-0.2, -0.15) is 0 Å². The van der Waals surface area contributed by atoms with E-state index >= 15 is 0 Å². The summed E-state index contributed by atoms with van der Waals surface area (Å²) in [6, 6.07) is 4.28. The lowest BCUT2D eigenvalue weighted by molar-refractivity contribution is 0.288. The van der Waals surface area contributed by atoms with Crippen LogP contribution < -0.4 is 0 Å². The molecule has 0 radical (unpaired) electrons. The normalized spacial score (nSPS) is 19.0. The van der Waals surface area contributed by atoms with Crippen molar-refractivity contribution in [3.63, 3.8) is 0 Å². The van der Waals surface area contributed by atoms with Crippen LogP contribution in [-0.4, -0.2) is 26.0 Å². The van der Waals surface area contributed by atoms with Crippen molar-refractivity contribution in [3.8, 4) is 0 Å². The van der Waals surface area contributed by atoms with Crippen LogP contribution >= 0.6 is 0 Å². The van der Waals surface area contributed by atoms with Gasteiger partial charge in [-0.1, -0.05) is 39.7 Å². The van der Waals surface area contributed by atoms with Gasteiger partial charge >= 0.3 is 0 Å². The summed E-state index contributed by atoms with van der Waals surface area (Å²) < 4.78 is 25.8. The molecular formula is C21H37F2N. The first-order chi connectivity index (χ1) is 11.4. The average Bonchev–Trinajstić information content (AvgIpc) is 2.56. The van der Waals surface area contributed by atoms with E-state index in [0.717, 1.165) is 17.9 Å². The molecular weight excluding hydrogens is 304 g/mol. The molecule has 2 rings (SSSR count). The molecule has 3 heteroatoms. The van der Waals surface area contributed by atoms with Gasteiger partial charge in [-0.05, 0) is 69.9 Å². The zero-order valence-corrected chi connectivity index (χ0v) is 16.5. The van der Waals surface area contributed by atoms with E-state index in [1.165, 1.54) is 37.8 Å². The Morgan fingerprint density at radius 3 is 1.83 bits per heavy atom. The molecule has 1 aliphatic rings. The zero-order chi connectivity index (χ0) is 19.1. The van der Waals surface area contributed by atoms with Crippen LogP contribution in [0.1, 0.15) is 52.0 Å². The van der Waals surface area contributed by atoms with Crippen molar-refractivity contribution in [2.45, 2.75) is 52.9 Å². The second-order valence-corrected chi connectivity index (χ2v) is 6.42. The molecule has 1 fully saturated rings. The summed E-state index contributed by atoms with van der Waals surface area (Å²) in [6.07, 6.45) is 5.88. The third-order valence-corrected chi connectivity index (χ3v) is 3.64. The van der Waals surface area contributed by atoms with Gasteiger partial charge in [0.05, 0.1) is 0 Å². The summed E-state index contributed by atoms with van der Waals surface area (Å²) in [7, 11) is 6.00. The number of hydrogen-bond donors (Lipinski definition) is 0. The molecule has 0 saturated heterocycles. The number of benzene rings is 1. The minimum absolute atomic E-state index is 0.654. The van der Waals surface area contributed by atoms with Gasteiger partial charge in [0, 0.05) is 0 Å². The third-order valence-electron chi connectivity index (χ3n) is 3.64. The highest BCUT2D eigenvalue weighted by Gasteiger charge is 2.18. The van der Waals surface area contributed by atoms with E-state index in [0.29, 0.717) is 5.92 Å². The van der Waals surface area contributed by atoms with E-state index in [9.17, 15) is 8.78 Å². The van der Waals surface area contributed by atoms with Crippen LogP contribution in [0.5, 0.6) is 0 Å². The van der Waals surface area contributed by atoms with Gasteiger partial charge in [0.25, 0.3) is 0 Å². The lowest BCUT2D eigenvalue weighted by Gasteiger charge is -2.26. The smallest absolute Gasteiger partial charge is 0.159 e. The van der Waals surface area contributed by atoms with Gasteiger partial charge in [-0.15, -0.1) is 13.2 Å². The fraction of sp³-hybridized carbons (Fsp3) is 0.619. The minimum Gasteiger partial charge on any atom is -0.312 e. The topological polar surface area (TPSA) is 3.24 Å². The Kier molecular flexibility index (Phi) is 16.0. The van der Waals surface area contributed by atoms with Gasteiger partial charge in [0.1, 0.15) is 0 Å². The van der Waals surface area contributed by atoms with E-state index in [2.05, 4.69) is 20.1 Å². The third kappa shape index (κ3) is 12.2. The molecule has 0 atom stereocenters. The van der Waals surface area contributed by atoms with E-state index in [1.54, 1.807) is 6.07 Å². The second kappa shape index (κ2) is 15.3. The highest BCUT2D eigenvalue weighted by molar-refractivity contribution is 5.18. The van der Waals surface area contributed by atoms with Crippen molar-refractivity contribution in [2.75, 3.05) is 21.1 Å². The number of nitrogens with zero attached hydrogens (tertiary/aromatic N) is 1. The molecule has 1 saturated carbocycles. The summed E-state index contributed by atoms with van der Waals surface area (Å²) in [5.41, 5.74) is 0.929. The van der Waals surface area contributed by atoms with Crippen molar-refractivity contribution >= 4 is 0 Å². The first kappa shape index (κ1) is 25.0. The molecule has 0 heterocycles. The largest absolute Gasteiger partial charge is 0.312 e. The van der Waals surface area contributed by atoms with Crippen LogP contribution in [0.3, 0.4) is 0 Å². The Labute approximate surface area is 148 Å². The van der Waals surface area contributed by atoms with Crippen LogP contribution in [0.2, 0.25) is 0 Å². The monoisotopic (exact) mass is 341 g/mol. The number of hydrogen-bond acceptors (Lipinski definition) is 1. The number of rotatable bonds is 2. The fourth-order valence-corrected chi connectivity index (χ4v) is 2.53. The lowest BCUT2D eigenvalue weighted by Crippen LogP contribution is -2.14. The lowest BCUT2D eigenvalue weighted by atomic mass is 9.80. The van der Waals surface area contributed by atoms with E-state index < -0.39 is 11.6 Å². The van der Waals surface area contributed by atoms with Gasteiger partial charge in [-0.25, -0.2) is 8.78 Å². The van der Waals surface area contributed by atoms with Gasteiger partial charge in [0.15, 0.2) is 11.6 Å². The average molecular weight is 342 g/mol. The molecule has 0 aromatic heterocycles. The first-order valence-corrected chi connectivity index (χ1v) is 8.93. The quantitative estimate of drug-likeness (QED) is 0.567. The van der Waals surface area contributed by atoms with E-state index in [4.69, 9.17) is 0 Å². The van der Waals surface area contributed by atoms with Crippen molar-refractivity contribution in [1.82, 2.24) is 4.90 Å². The van der Waals surface area contributed by atoms with Crippen molar-refractivity contribution in [1.29, 1.82) is 0 Å². The Hall–Kier alpha value is -1.22. The maximum absolute atomic E-state index is 13.0.